The number of hydrogen-bond donors (Lipinski definition) is 6. The molecular formula is C86H126N14O18. The van der Waals surface area contributed by atoms with Crippen LogP contribution >= 0.6 is 0 Å². The van der Waals surface area contributed by atoms with Crippen LogP contribution in [0.2, 0.25) is 0 Å². The quantitative estimate of drug-likeness (QED) is 0.0194. The van der Waals surface area contributed by atoms with Crippen molar-refractivity contribution in [2.75, 3.05) is 156 Å². The van der Waals surface area contributed by atoms with Gasteiger partial charge in [-0.1, -0.05) is 151 Å². The van der Waals surface area contributed by atoms with Crippen molar-refractivity contribution in [2.45, 2.75) is 170 Å². The maximum absolute atomic E-state index is 13.9. The van der Waals surface area contributed by atoms with Gasteiger partial charge < -0.3 is 89.1 Å². The standard InChI is InChI=1S/2C43H63N7O9/c1-31(2)42(53)36(46-32(3)4)15-10-11-19-45-43(54)59-23-21-50-41-34-13-7-6-12-33(34)30-49(37-16-9-8-14-35(37)40(41)47-48-50)39(52)17-20-44-38(51)18-22-56-26-27-58-29-28-57-25-24-55-5;1-31(2)42(53)36(46-32(3)4)15-10-11-19-45-43(54)59-23-21-50-41-35-14-8-9-16-37(35)49(30-33-12-6-7-13-34(33)40(41)47-48-50)39(52)17-20-44-38(51)18-22-56-26-27-58-29-28-57-25-24-55-5/h2*6-9,12-14,16,31-32,36,46H,10-11,15,17-30H2,1-5H3,(H,44,51)(H,45,54). The fourth-order valence-electron chi connectivity index (χ4n) is 13.3. The Morgan fingerprint density at radius 1 is 0.381 bits per heavy atom. The SMILES string of the molecule is COCCOCCOCCOCCC(=O)NCCC(=O)N1Cc2ccccc2-c2c(nnn2CCOC(=O)NCCCCC(NC(C)C)C(=O)C(C)C)-c2ccccc21.COCCOCCOCCOCCC(=O)NCCC(=O)N1Cc2ccccc2-c2nnn(CCOC(=O)NCCCCC(NC(C)C)C(=O)C(C)C)c2-c2ccccc21. The number of Topliss-reactive ketones (excluding diaryl/α,β-unsaturated/α-hetero) is 2. The third kappa shape index (κ3) is 32.7. The van der Waals surface area contributed by atoms with Gasteiger partial charge in [0.25, 0.3) is 0 Å². The summed E-state index contributed by atoms with van der Waals surface area (Å²) in [6.07, 6.45) is 3.87. The molecule has 6 N–H and O–H groups in total. The first-order chi connectivity index (χ1) is 57.2. The van der Waals surface area contributed by atoms with Gasteiger partial charge in [-0.05, 0) is 61.8 Å². The molecule has 32 heteroatoms. The van der Waals surface area contributed by atoms with E-state index in [2.05, 4.69) is 52.5 Å². The largest absolute Gasteiger partial charge is 0.448 e. The summed E-state index contributed by atoms with van der Waals surface area (Å²) in [6, 6.07) is 30.7. The number of nitrogens with zero attached hydrogens (tertiary/aromatic N) is 8. The number of methoxy groups -OCH3 is 2. The number of carbonyl (C=O) groups is 8. The number of nitrogens with one attached hydrogen (secondary N) is 6. The molecule has 4 aromatic carbocycles. The minimum absolute atomic E-state index is 0.0403. The number of para-hydroxylation sites is 2. The lowest BCUT2D eigenvalue weighted by Crippen LogP contribution is -2.42. The summed E-state index contributed by atoms with van der Waals surface area (Å²) < 4.78 is 56.9. The van der Waals surface area contributed by atoms with Gasteiger partial charge >= 0.3 is 12.2 Å². The Balaban J connectivity index is 0.000000326. The van der Waals surface area contributed by atoms with Crippen LogP contribution in [0.1, 0.15) is 131 Å². The predicted molar refractivity (Wildman–Crippen MR) is 448 cm³/mol. The van der Waals surface area contributed by atoms with E-state index in [0.29, 0.717) is 153 Å². The summed E-state index contributed by atoms with van der Waals surface area (Å²) >= 11 is 0. The molecule has 0 fully saturated rings. The van der Waals surface area contributed by atoms with E-state index < -0.39 is 12.2 Å². The predicted octanol–water partition coefficient (Wildman–Crippen LogP) is 9.08. The van der Waals surface area contributed by atoms with E-state index in [-0.39, 0.29) is 149 Å². The molecule has 0 spiro atoms. The zero-order valence-electron chi connectivity index (χ0n) is 70.7. The molecule has 6 amide bonds. The second kappa shape index (κ2) is 53.8. The van der Waals surface area contributed by atoms with Gasteiger partial charge in [0.05, 0.1) is 154 Å². The Morgan fingerprint density at radius 3 is 1.16 bits per heavy atom. The lowest BCUT2D eigenvalue weighted by molar-refractivity contribution is -0.125. The van der Waals surface area contributed by atoms with Gasteiger partial charge in [-0.3, -0.25) is 28.8 Å². The second-order valence-corrected chi connectivity index (χ2v) is 29.7. The van der Waals surface area contributed by atoms with E-state index >= 15 is 0 Å². The number of hydrogen-bond acceptors (Lipinski definition) is 24. The van der Waals surface area contributed by atoms with Crippen LogP contribution in [0.3, 0.4) is 0 Å². The van der Waals surface area contributed by atoms with Crippen LogP contribution in [0, 0.1) is 11.8 Å². The van der Waals surface area contributed by atoms with Crippen molar-refractivity contribution in [2.24, 2.45) is 11.8 Å². The number of ketones is 2. The van der Waals surface area contributed by atoms with E-state index in [1.807, 2.05) is 152 Å². The third-order valence-electron chi connectivity index (χ3n) is 19.1. The molecule has 4 heterocycles. The van der Waals surface area contributed by atoms with E-state index in [1.54, 1.807) is 33.4 Å². The highest BCUT2D eigenvalue weighted by Gasteiger charge is 2.32. The molecule has 2 aliphatic rings. The van der Waals surface area contributed by atoms with Gasteiger partial charge in [0.15, 0.2) is 11.6 Å². The Hall–Kier alpha value is -9.48. The highest BCUT2D eigenvalue weighted by Crippen LogP contribution is 2.43. The number of fused-ring (bicyclic) bond motifs is 10. The number of carbonyl (C=O) groups excluding carboxylic acids is 8. The molecule has 2 aromatic heterocycles. The van der Waals surface area contributed by atoms with Gasteiger partial charge in [0, 0.05) is 112 Å². The van der Waals surface area contributed by atoms with Crippen molar-refractivity contribution in [3.63, 3.8) is 0 Å². The molecule has 0 saturated heterocycles. The Morgan fingerprint density at radius 2 is 0.737 bits per heavy atom. The van der Waals surface area contributed by atoms with Crippen LogP contribution in [0.5, 0.6) is 0 Å². The first kappa shape index (κ1) is 95.7. The summed E-state index contributed by atoms with van der Waals surface area (Å²) in [5.74, 6) is -0.402. The van der Waals surface area contributed by atoms with Crippen LogP contribution in [0.15, 0.2) is 97.1 Å². The van der Waals surface area contributed by atoms with Gasteiger partial charge in [-0.25, -0.2) is 19.0 Å². The molecule has 118 heavy (non-hydrogen) atoms. The number of anilines is 2. The zero-order chi connectivity index (χ0) is 84.8. The lowest BCUT2D eigenvalue weighted by Gasteiger charge is -2.29. The van der Waals surface area contributed by atoms with Crippen molar-refractivity contribution in [3.05, 3.63) is 108 Å². The molecule has 32 nitrogen and oxygen atoms in total. The van der Waals surface area contributed by atoms with Crippen molar-refractivity contribution >= 4 is 58.8 Å². The van der Waals surface area contributed by atoms with Gasteiger partial charge in [0.2, 0.25) is 23.6 Å². The molecule has 0 radical (unpaired) electrons. The summed E-state index contributed by atoms with van der Waals surface area (Å²) in [5, 5.41) is 36.1. The van der Waals surface area contributed by atoms with Crippen LogP contribution in [-0.4, -0.2) is 248 Å². The third-order valence-corrected chi connectivity index (χ3v) is 19.1. The van der Waals surface area contributed by atoms with Crippen LogP contribution in [0.25, 0.3) is 45.0 Å². The average molecular weight is 1640 g/mol. The number of alkyl carbamates (subject to hydrolysis) is 2. The normalized spacial score (nSPS) is 12.6. The number of rotatable bonds is 54. The Bertz CT molecular complexity index is 4040. The molecule has 0 saturated carbocycles. The van der Waals surface area contributed by atoms with Crippen LogP contribution in [0.4, 0.5) is 21.0 Å². The zero-order valence-corrected chi connectivity index (χ0v) is 70.7. The Kier molecular flexibility index (Phi) is 43.7. The second-order valence-electron chi connectivity index (χ2n) is 29.7. The first-order valence-corrected chi connectivity index (χ1v) is 41.4. The summed E-state index contributed by atoms with van der Waals surface area (Å²) in [6.45, 7) is 24.2. The van der Waals surface area contributed by atoms with Gasteiger partial charge in [-0.15, -0.1) is 10.2 Å². The number of ether oxygens (including phenoxy) is 10. The molecule has 2 unspecified atom stereocenters. The van der Waals surface area contributed by atoms with E-state index in [9.17, 15) is 38.4 Å². The summed E-state index contributed by atoms with van der Waals surface area (Å²) in [5.41, 5.74) is 9.07. The number of amides is 6. The van der Waals surface area contributed by atoms with Crippen LogP contribution in [-0.2, 0) is 102 Å². The molecule has 0 bridgehead atoms. The van der Waals surface area contributed by atoms with E-state index in [1.165, 1.54) is 0 Å². The number of benzene rings is 4. The summed E-state index contributed by atoms with van der Waals surface area (Å²) in [4.78, 5) is 107. The highest BCUT2D eigenvalue weighted by molar-refractivity contribution is 6.02. The fraction of sp³-hybridized carbons (Fsp3) is 0.581. The minimum atomic E-state index is -0.536. The van der Waals surface area contributed by atoms with Crippen LogP contribution < -0.4 is 41.7 Å². The number of aromatic nitrogens is 6. The minimum Gasteiger partial charge on any atom is -0.448 e. The lowest BCUT2D eigenvalue weighted by atomic mass is 9.95. The molecule has 6 aromatic rings. The molecule has 8 rings (SSSR count). The van der Waals surface area contributed by atoms with E-state index in [4.69, 9.17) is 47.4 Å². The maximum atomic E-state index is 13.9. The first-order valence-electron chi connectivity index (χ1n) is 41.4. The van der Waals surface area contributed by atoms with Crippen molar-refractivity contribution in [1.29, 1.82) is 0 Å². The molecule has 0 aliphatic carbocycles. The van der Waals surface area contributed by atoms with E-state index in [0.717, 1.165) is 58.3 Å². The molecular weight excluding hydrogens is 1520 g/mol. The fourth-order valence-corrected chi connectivity index (χ4v) is 13.3. The monoisotopic (exact) mass is 1640 g/mol. The van der Waals surface area contributed by atoms with Gasteiger partial charge in [-0.2, -0.15) is 0 Å². The smallest absolute Gasteiger partial charge is 0.407 e. The molecule has 648 valence electrons. The number of unbranched alkanes of at least 4 members (excludes halogenated alkanes) is 2. The van der Waals surface area contributed by atoms with Gasteiger partial charge in [0.1, 0.15) is 24.6 Å². The van der Waals surface area contributed by atoms with Crippen molar-refractivity contribution in [3.8, 4) is 45.0 Å². The molecule has 2 atom stereocenters. The van der Waals surface area contributed by atoms with Crippen molar-refractivity contribution < 1.29 is 85.7 Å². The Labute approximate surface area is 694 Å². The summed E-state index contributed by atoms with van der Waals surface area (Å²) in [7, 11) is 3.24. The maximum Gasteiger partial charge on any atom is 0.407 e. The van der Waals surface area contributed by atoms with Crippen molar-refractivity contribution in [1.82, 2.24) is 61.9 Å². The topological polar surface area (TPSA) is 369 Å². The molecule has 2 aliphatic heterocycles. The highest BCUT2D eigenvalue weighted by atomic mass is 16.6. The average Bonchev–Trinajstić information content (AvgIpc) is 1.55.